The number of aryl methyl sites for hydroxylation is 2. The molecule has 0 amide bonds. The Bertz CT molecular complexity index is 858. The van der Waals surface area contributed by atoms with Gasteiger partial charge >= 0.3 is 0 Å². The van der Waals surface area contributed by atoms with Crippen LogP contribution in [0.25, 0.3) is 0 Å². The van der Waals surface area contributed by atoms with Crippen molar-refractivity contribution in [2.45, 2.75) is 20.4 Å². The van der Waals surface area contributed by atoms with Crippen LogP contribution in [-0.2, 0) is 6.54 Å². The average molecular weight is 357 g/mol. The van der Waals surface area contributed by atoms with Crippen molar-refractivity contribution in [3.05, 3.63) is 76.2 Å². The van der Waals surface area contributed by atoms with Crippen LogP contribution in [0.2, 0.25) is 5.02 Å². The first kappa shape index (κ1) is 17.2. The lowest BCUT2D eigenvalue weighted by Gasteiger charge is -2.12. The summed E-state index contributed by atoms with van der Waals surface area (Å²) in [6.45, 7) is 4.53. The molecular formula is C19H18ClFN4. The number of anilines is 3. The molecule has 25 heavy (non-hydrogen) atoms. The molecule has 0 bridgehead atoms. The molecule has 0 radical (unpaired) electrons. The van der Waals surface area contributed by atoms with Crippen molar-refractivity contribution in [2.75, 3.05) is 10.6 Å². The molecule has 3 rings (SSSR count). The van der Waals surface area contributed by atoms with Crippen LogP contribution >= 0.6 is 11.6 Å². The molecule has 0 aliphatic carbocycles. The number of halogens is 2. The molecular weight excluding hydrogens is 339 g/mol. The van der Waals surface area contributed by atoms with Crippen LogP contribution < -0.4 is 10.6 Å². The smallest absolute Gasteiger partial charge is 0.229 e. The molecule has 1 heterocycles. The normalized spacial score (nSPS) is 10.6. The maximum atomic E-state index is 12.9. The van der Waals surface area contributed by atoms with Crippen molar-refractivity contribution in [1.29, 1.82) is 0 Å². The van der Waals surface area contributed by atoms with Crippen LogP contribution in [0.4, 0.5) is 21.8 Å². The standard InChI is InChI=1S/C19H18ClFN4/c1-12-9-13(2)18(16(20)10-12)25-19-22-8-7-17(24-19)23-11-14-3-5-15(21)6-4-14/h3-10H,11H2,1-2H3,(H2,22,23,24,25). The van der Waals surface area contributed by atoms with Gasteiger partial charge < -0.3 is 10.6 Å². The first-order chi connectivity index (χ1) is 12.0. The summed E-state index contributed by atoms with van der Waals surface area (Å²) in [4.78, 5) is 8.67. The Kier molecular flexibility index (Phi) is 5.14. The van der Waals surface area contributed by atoms with E-state index in [0.717, 1.165) is 22.4 Å². The third-order valence-electron chi connectivity index (χ3n) is 3.71. The summed E-state index contributed by atoms with van der Waals surface area (Å²) in [7, 11) is 0. The monoisotopic (exact) mass is 356 g/mol. The number of hydrogen-bond acceptors (Lipinski definition) is 4. The topological polar surface area (TPSA) is 49.8 Å². The van der Waals surface area contributed by atoms with Gasteiger partial charge in [-0.2, -0.15) is 4.98 Å². The van der Waals surface area contributed by atoms with Gasteiger partial charge in [-0.05, 0) is 54.8 Å². The number of aromatic nitrogens is 2. The third kappa shape index (κ3) is 4.45. The highest BCUT2D eigenvalue weighted by molar-refractivity contribution is 6.33. The Morgan fingerprint density at radius 1 is 1.08 bits per heavy atom. The maximum absolute atomic E-state index is 12.9. The molecule has 0 saturated carbocycles. The van der Waals surface area contributed by atoms with E-state index in [9.17, 15) is 4.39 Å². The Morgan fingerprint density at radius 2 is 1.84 bits per heavy atom. The van der Waals surface area contributed by atoms with E-state index in [2.05, 4.69) is 20.6 Å². The summed E-state index contributed by atoms with van der Waals surface area (Å²) in [6.07, 6.45) is 1.67. The van der Waals surface area contributed by atoms with Gasteiger partial charge in [0, 0.05) is 12.7 Å². The SMILES string of the molecule is Cc1cc(C)c(Nc2nccc(NCc3ccc(F)cc3)n2)c(Cl)c1. The number of hydrogen-bond donors (Lipinski definition) is 2. The number of nitrogens with one attached hydrogen (secondary N) is 2. The molecule has 0 fully saturated rings. The predicted molar refractivity (Wildman–Crippen MR) is 100.0 cm³/mol. The summed E-state index contributed by atoms with van der Waals surface area (Å²) in [5.74, 6) is 0.878. The van der Waals surface area contributed by atoms with E-state index in [4.69, 9.17) is 11.6 Å². The molecule has 2 N–H and O–H groups in total. The molecule has 6 heteroatoms. The summed E-state index contributed by atoms with van der Waals surface area (Å²) in [6, 6.07) is 12.1. The second-order valence-corrected chi connectivity index (χ2v) is 6.22. The molecule has 0 spiro atoms. The van der Waals surface area contributed by atoms with E-state index < -0.39 is 0 Å². The van der Waals surface area contributed by atoms with Crippen molar-refractivity contribution in [3.8, 4) is 0 Å². The molecule has 128 valence electrons. The fourth-order valence-corrected chi connectivity index (χ4v) is 2.87. The van der Waals surface area contributed by atoms with Crippen LogP contribution in [0, 0.1) is 19.7 Å². The van der Waals surface area contributed by atoms with Crippen molar-refractivity contribution < 1.29 is 4.39 Å². The van der Waals surface area contributed by atoms with Gasteiger partial charge in [0.1, 0.15) is 11.6 Å². The van der Waals surface area contributed by atoms with Crippen LogP contribution in [0.1, 0.15) is 16.7 Å². The first-order valence-electron chi connectivity index (χ1n) is 7.86. The molecule has 2 aromatic carbocycles. The Balaban J connectivity index is 1.72. The van der Waals surface area contributed by atoms with E-state index in [1.54, 1.807) is 24.4 Å². The van der Waals surface area contributed by atoms with Crippen LogP contribution in [-0.4, -0.2) is 9.97 Å². The Hall–Kier alpha value is -2.66. The molecule has 0 saturated heterocycles. The second kappa shape index (κ2) is 7.49. The van der Waals surface area contributed by atoms with Crippen LogP contribution in [0.3, 0.4) is 0 Å². The lowest BCUT2D eigenvalue weighted by Crippen LogP contribution is -2.05. The highest BCUT2D eigenvalue weighted by Gasteiger charge is 2.08. The molecule has 0 aliphatic rings. The van der Waals surface area contributed by atoms with Gasteiger partial charge in [0.2, 0.25) is 5.95 Å². The van der Waals surface area contributed by atoms with Gasteiger partial charge in [-0.15, -0.1) is 0 Å². The summed E-state index contributed by atoms with van der Waals surface area (Å²) < 4.78 is 12.9. The predicted octanol–water partition coefficient (Wildman–Crippen LogP) is 5.24. The quantitative estimate of drug-likeness (QED) is 0.656. The average Bonchev–Trinajstić information content (AvgIpc) is 2.58. The van der Waals surface area contributed by atoms with E-state index in [-0.39, 0.29) is 5.82 Å². The van der Waals surface area contributed by atoms with E-state index >= 15 is 0 Å². The fraction of sp³-hybridized carbons (Fsp3) is 0.158. The van der Waals surface area contributed by atoms with Gasteiger partial charge in [0.05, 0.1) is 10.7 Å². The Morgan fingerprint density at radius 3 is 2.56 bits per heavy atom. The van der Waals surface area contributed by atoms with Crippen LogP contribution in [0.5, 0.6) is 0 Å². The van der Waals surface area contributed by atoms with E-state index in [1.165, 1.54) is 12.1 Å². The van der Waals surface area contributed by atoms with Crippen molar-refractivity contribution in [1.82, 2.24) is 9.97 Å². The molecule has 0 unspecified atom stereocenters. The highest BCUT2D eigenvalue weighted by atomic mass is 35.5. The van der Waals surface area contributed by atoms with Crippen molar-refractivity contribution >= 4 is 29.1 Å². The molecule has 0 atom stereocenters. The van der Waals surface area contributed by atoms with Gasteiger partial charge in [-0.25, -0.2) is 9.37 Å². The number of benzene rings is 2. The van der Waals surface area contributed by atoms with Crippen molar-refractivity contribution in [2.24, 2.45) is 0 Å². The van der Waals surface area contributed by atoms with Crippen molar-refractivity contribution in [3.63, 3.8) is 0 Å². The second-order valence-electron chi connectivity index (χ2n) is 5.81. The minimum atomic E-state index is -0.248. The zero-order valence-corrected chi connectivity index (χ0v) is 14.7. The first-order valence-corrected chi connectivity index (χ1v) is 8.24. The van der Waals surface area contributed by atoms with Crippen LogP contribution in [0.15, 0.2) is 48.7 Å². The zero-order chi connectivity index (χ0) is 17.8. The lowest BCUT2D eigenvalue weighted by atomic mass is 10.1. The fourth-order valence-electron chi connectivity index (χ4n) is 2.50. The number of nitrogens with zero attached hydrogens (tertiary/aromatic N) is 2. The largest absolute Gasteiger partial charge is 0.366 e. The maximum Gasteiger partial charge on any atom is 0.229 e. The molecule has 1 aromatic heterocycles. The summed E-state index contributed by atoms with van der Waals surface area (Å²) >= 11 is 6.31. The van der Waals surface area contributed by atoms with Gasteiger partial charge in [0.15, 0.2) is 0 Å². The van der Waals surface area contributed by atoms with Gasteiger partial charge in [-0.1, -0.05) is 29.8 Å². The molecule has 0 aliphatic heterocycles. The minimum absolute atomic E-state index is 0.248. The van der Waals surface area contributed by atoms with E-state index in [0.29, 0.717) is 23.3 Å². The van der Waals surface area contributed by atoms with E-state index in [1.807, 2.05) is 26.0 Å². The molecule has 3 aromatic rings. The molecule has 4 nitrogen and oxygen atoms in total. The highest BCUT2D eigenvalue weighted by Crippen LogP contribution is 2.29. The Labute approximate surface area is 151 Å². The lowest BCUT2D eigenvalue weighted by molar-refractivity contribution is 0.627. The van der Waals surface area contributed by atoms with Gasteiger partial charge in [0.25, 0.3) is 0 Å². The summed E-state index contributed by atoms with van der Waals surface area (Å²) in [5.41, 5.74) is 3.89. The minimum Gasteiger partial charge on any atom is -0.366 e. The zero-order valence-electron chi connectivity index (χ0n) is 14.0. The number of rotatable bonds is 5. The van der Waals surface area contributed by atoms with Gasteiger partial charge in [-0.3, -0.25) is 0 Å². The third-order valence-corrected chi connectivity index (χ3v) is 4.01. The summed E-state index contributed by atoms with van der Waals surface area (Å²) in [5, 5.41) is 7.00.